The second kappa shape index (κ2) is 9.02. The first kappa shape index (κ1) is 19.5. The number of likely N-dealkylation sites (tertiary alicyclic amines) is 1. The van der Waals surface area contributed by atoms with Gasteiger partial charge in [0, 0.05) is 26.1 Å². The van der Waals surface area contributed by atoms with Crippen LogP contribution in [0.4, 0.5) is 0 Å². The molecular weight excluding hydrogens is 433 g/mol. The van der Waals surface area contributed by atoms with Gasteiger partial charge < -0.3 is 19.5 Å². The SMILES string of the molecule is CN=C(NCc1nc(C)no1)N1CCC(c2ccc(OC)cc2)C1.I. The molecule has 1 unspecified atom stereocenters. The second-order valence-electron chi connectivity index (χ2n) is 5.84. The number of aromatic nitrogens is 2. The predicted octanol–water partition coefficient (Wildman–Crippen LogP) is 2.57. The Kier molecular flexibility index (Phi) is 7.03. The molecule has 0 amide bonds. The zero-order valence-electron chi connectivity index (χ0n) is 14.7. The van der Waals surface area contributed by atoms with E-state index in [-0.39, 0.29) is 24.0 Å². The molecule has 2 aromatic rings. The van der Waals surface area contributed by atoms with Gasteiger partial charge in [-0.2, -0.15) is 4.98 Å². The van der Waals surface area contributed by atoms with E-state index in [0.29, 0.717) is 24.2 Å². The highest BCUT2D eigenvalue weighted by Gasteiger charge is 2.26. The summed E-state index contributed by atoms with van der Waals surface area (Å²) in [5, 5.41) is 7.08. The molecule has 8 heteroatoms. The minimum atomic E-state index is 0. The minimum Gasteiger partial charge on any atom is -0.497 e. The highest BCUT2D eigenvalue weighted by atomic mass is 127. The topological polar surface area (TPSA) is 75.8 Å². The summed E-state index contributed by atoms with van der Waals surface area (Å²) in [6.45, 7) is 4.20. The van der Waals surface area contributed by atoms with Crippen LogP contribution in [0.25, 0.3) is 0 Å². The van der Waals surface area contributed by atoms with Crippen molar-refractivity contribution in [3.8, 4) is 5.75 Å². The lowest BCUT2D eigenvalue weighted by Crippen LogP contribution is -2.39. The molecular formula is C17H24IN5O2. The average Bonchev–Trinajstić information content (AvgIpc) is 3.25. The summed E-state index contributed by atoms with van der Waals surface area (Å²) < 4.78 is 10.3. The maximum atomic E-state index is 5.22. The summed E-state index contributed by atoms with van der Waals surface area (Å²) in [6.07, 6.45) is 1.10. The lowest BCUT2D eigenvalue weighted by molar-refractivity contribution is 0.368. The molecule has 1 atom stereocenters. The molecule has 2 heterocycles. The second-order valence-corrected chi connectivity index (χ2v) is 5.84. The summed E-state index contributed by atoms with van der Waals surface area (Å²) in [5.41, 5.74) is 1.33. The molecule has 1 aromatic carbocycles. The fraction of sp³-hybridized carbons (Fsp3) is 0.471. The number of methoxy groups -OCH3 is 1. The first-order valence-electron chi connectivity index (χ1n) is 8.08. The summed E-state index contributed by atoms with van der Waals surface area (Å²) in [7, 11) is 3.48. The van der Waals surface area contributed by atoms with Crippen LogP contribution in [-0.4, -0.2) is 48.2 Å². The Labute approximate surface area is 164 Å². The van der Waals surface area contributed by atoms with Crippen LogP contribution in [0.5, 0.6) is 5.75 Å². The van der Waals surface area contributed by atoms with Crippen molar-refractivity contribution < 1.29 is 9.26 Å². The van der Waals surface area contributed by atoms with E-state index in [1.165, 1.54) is 5.56 Å². The summed E-state index contributed by atoms with van der Waals surface area (Å²) in [5.74, 6) is 3.46. The van der Waals surface area contributed by atoms with Gasteiger partial charge in [-0.15, -0.1) is 24.0 Å². The van der Waals surface area contributed by atoms with Gasteiger partial charge in [-0.3, -0.25) is 4.99 Å². The summed E-state index contributed by atoms with van der Waals surface area (Å²) >= 11 is 0. The van der Waals surface area contributed by atoms with Gasteiger partial charge in [-0.1, -0.05) is 17.3 Å². The molecule has 0 saturated carbocycles. The number of guanidine groups is 1. The highest BCUT2D eigenvalue weighted by Crippen LogP contribution is 2.28. The van der Waals surface area contributed by atoms with Crippen molar-refractivity contribution in [1.29, 1.82) is 0 Å². The number of benzene rings is 1. The Hall–Kier alpha value is -1.84. The molecule has 25 heavy (non-hydrogen) atoms. The van der Waals surface area contributed by atoms with Gasteiger partial charge in [-0.25, -0.2) is 0 Å². The molecule has 3 rings (SSSR count). The number of hydrogen-bond donors (Lipinski definition) is 1. The molecule has 1 N–H and O–H groups in total. The lowest BCUT2D eigenvalue weighted by atomic mass is 9.98. The van der Waals surface area contributed by atoms with E-state index in [4.69, 9.17) is 9.26 Å². The molecule has 0 spiro atoms. The monoisotopic (exact) mass is 457 g/mol. The van der Waals surface area contributed by atoms with Gasteiger partial charge in [0.15, 0.2) is 11.8 Å². The molecule has 1 aliphatic rings. The van der Waals surface area contributed by atoms with Gasteiger partial charge >= 0.3 is 0 Å². The first-order valence-corrected chi connectivity index (χ1v) is 8.08. The largest absolute Gasteiger partial charge is 0.497 e. The molecule has 1 aromatic heterocycles. The maximum absolute atomic E-state index is 5.22. The van der Waals surface area contributed by atoms with E-state index >= 15 is 0 Å². The van der Waals surface area contributed by atoms with E-state index in [1.807, 2.05) is 19.1 Å². The number of nitrogens with one attached hydrogen (secondary N) is 1. The van der Waals surface area contributed by atoms with Crippen LogP contribution >= 0.6 is 24.0 Å². The van der Waals surface area contributed by atoms with Crippen molar-refractivity contribution in [3.63, 3.8) is 0 Å². The molecule has 1 aliphatic heterocycles. The van der Waals surface area contributed by atoms with Crippen LogP contribution in [0.3, 0.4) is 0 Å². The van der Waals surface area contributed by atoms with Gasteiger partial charge in [0.05, 0.1) is 13.7 Å². The van der Waals surface area contributed by atoms with Crippen molar-refractivity contribution in [3.05, 3.63) is 41.5 Å². The highest BCUT2D eigenvalue weighted by molar-refractivity contribution is 14.0. The third-order valence-corrected chi connectivity index (χ3v) is 4.25. The normalized spacial score (nSPS) is 17.3. The predicted molar refractivity (Wildman–Crippen MR) is 107 cm³/mol. The number of nitrogens with zero attached hydrogens (tertiary/aromatic N) is 4. The van der Waals surface area contributed by atoms with Gasteiger partial charge in [0.25, 0.3) is 0 Å². The number of aliphatic imine (C=N–C) groups is 1. The molecule has 136 valence electrons. The molecule has 1 fully saturated rings. The van der Waals surface area contributed by atoms with Gasteiger partial charge in [0.1, 0.15) is 5.75 Å². The Balaban J connectivity index is 0.00000225. The van der Waals surface area contributed by atoms with E-state index < -0.39 is 0 Å². The van der Waals surface area contributed by atoms with Crippen molar-refractivity contribution in [2.24, 2.45) is 4.99 Å². The van der Waals surface area contributed by atoms with Crippen LogP contribution in [0.2, 0.25) is 0 Å². The zero-order chi connectivity index (χ0) is 16.9. The number of aryl methyl sites for hydroxylation is 1. The first-order chi connectivity index (χ1) is 11.7. The fourth-order valence-electron chi connectivity index (χ4n) is 3.00. The van der Waals surface area contributed by atoms with Crippen molar-refractivity contribution >= 4 is 29.9 Å². The van der Waals surface area contributed by atoms with Crippen molar-refractivity contribution in [1.82, 2.24) is 20.4 Å². The molecule has 0 radical (unpaired) electrons. The zero-order valence-corrected chi connectivity index (χ0v) is 17.1. The third kappa shape index (κ3) is 4.83. The van der Waals surface area contributed by atoms with Crippen molar-refractivity contribution in [2.75, 3.05) is 27.2 Å². The van der Waals surface area contributed by atoms with E-state index in [0.717, 1.165) is 31.2 Å². The van der Waals surface area contributed by atoms with E-state index in [2.05, 4.69) is 37.5 Å². The van der Waals surface area contributed by atoms with E-state index in [9.17, 15) is 0 Å². The third-order valence-electron chi connectivity index (χ3n) is 4.25. The smallest absolute Gasteiger partial charge is 0.246 e. The number of halogens is 1. The minimum absolute atomic E-state index is 0. The van der Waals surface area contributed by atoms with Gasteiger partial charge in [-0.05, 0) is 31.0 Å². The molecule has 1 saturated heterocycles. The van der Waals surface area contributed by atoms with Crippen LogP contribution in [-0.2, 0) is 6.54 Å². The molecule has 7 nitrogen and oxygen atoms in total. The number of rotatable bonds is 4. The standard InChI is InChI=1S/C17H23N5O2.HI/c1-12-20-16(24-21-12)10-19-17(18-2)22-9-8-14(11-22)13-4-6-15(23-3)7-5-13;/h4-7,14H,8-11H2,1-3H3,(H,18,19);1H. The molecule has 0 aliphatic carbocycles. The van der Waals surface area contributed by atoms with Crippen molar-refractivity contribution in [2.45, 2.75) is 25.8 Å². The maximum Gasteiger partial charge on any atom is 0.246 e. The molecule has 0 bridgehead atoms. The van der Waals surface area contributed by atoms with Crippen LogP contribution in [0, 0.1) is 6.92 Å². The summed E-state index contributed by atoms with van der Waals surface area (Å²) in [6, 6.07) is 8.32. The van der Waals surface area contributed by atoms with Gasteiger partial charge in [0.2, 0.25) is 5.89 Å². The Morgan fingerprint density at radius 3 is 2.76 bits per heavy atom. The Bertz CT molecular complexity index is 701. The van der Waals surface area contributed by atoms with Crippen LogP contribution < -0.4 is 10.1 Å². The average molecular weight is 457 g/mol. The number of ether oxygens (including phenoxy) is 1. The van der Waals surface area contributed by atoms with Crippen LogP contribution in [0.1, 0.15) is 29.6 Å². The fourth-order valence-corrected chi connectivity index (χ4v) is 3.00. The Morgan fingerprint density at radius 2 is 2.16 bits per heavy atom. The van der Waals surface area contributed by atoms with E-state index in [1.54, 1.807) is 14.2 Å². The number of hydrogen-bond acceptors (Lipinski definition) is 5. The quantitative estimate of drug-likeness (QED) is 0.432. The Morgan fingerprint density at radius 1 is 1.40 bits per heavy atom. The summed E-state index contributed by atoms with van der Waals surface area (Å²) in [4.78, 5) is 10.8. The van der Waals surface area contributed by atoms with Crippen LogP contribution in [0.15, 0.2) is 33.8 Å². The lowest BCUT2D eigenvalue weighted by Gasteiger charge is -2.21.